The summed E-state index contributed by atoms with van der Waals surface area (Å²) in [5.41, 5.74) is 0.773. The van der Waals surface area contributed by atoms with Crippen molar-refractivity contribution in [2.24, 2.45) is 5.92 Å². The Labute approximate surface area is 134 Å². The summed E-state index contributed by atoms with van der Waals surface area (Å²) >= 11 is 1.39. The third-order valence-corrected chi connectivity index (χ3v) is 5.19. The normalized spacial score (nSPS) is 19.0. The molecule has 1 atom stereocenters. The van der Waals surface area contributed by atoms with E-state index in [4.69, 9.17) is 0 Å². The lowest BCUT2D eigenvalue weighted by atomic mass is 10.0. The molecule has 0 aromatic carbocycles. The number of amides is 1. The average molecular weight is 316 g/mol. The quantitative estimate of drug-likeness (QED) is 0.854. The number of thiazole rings is 1. The van der Waals surface area contributed by atoms with Gasteiger partial charge in [-0.05, 0) is 38.2 Å². The molecule has 3 rings (SSSR count). The van der Waals surface area contributed by atoms with Crippen molar-refractivity contribution in [2.75, 3.05) is 13.1 Å². The van der Waals surface area contributed by atoms with E-state index in [1.165, 1.54) is 17.8 Å². The molecule has 1 fully saturated rings. The van der Waals surface area contributed by atoms with Crippen molar-refractivity contribution in [3.63, 3.8) is 0 Å². The lowest BCUT2D eigenvalue weighted by molar-refractivity contribution is 0.0764. The van der Waals surface area contributed by atoms with Gasteiger partial charge < -0.3 is 4.90 Å². The maximum absolute atomic E-state index is 12.8. The van der Waals surface area contributed by atoms with E-state index in [1.54, 1.807) is 18.5 Å². The zero-order valence-corrected chi connectivity index (χ0v) is 13.8. The molecule has 0 N–H and O–H groups in total. The van der Waals surface area contributed by atoms with E-state index in [0.717, 1.165) is 36.5 Å². The van der Waals surface area contributed by atoms with Crippen molar-refractivity contribution in [1.29, 1.82) is 0 Å². The molecule has 6 heteroatoms. The average Bonchev–Trinajstić information content (AvgIpc) is 2.79. The minimum atomic E-state index is 0.103. The van der Waals surface area contributed by atoms with Crippen molar-refractivity contribution in [2.45, 2.75) is 33.1 Å². The summed E-state index contributed by atoms with van der Waals surface area (Å²) in [6.45, 7) is 5.83. The van der Waals surface area contributed by atoms with E-state index in [9.17, 15) is 4.79 Å². The summed E-state index contributed by atoms with van der Waals surface area (Å²) in [5, 5.41) is 0.713. The minimum absolute atomic E-state index is 0.103. The van der Waals surface area contributed by atoms with Gasteiger partial charge >= 0.3 is 0 Å². The summed E-state index contributed by atoms with van der Waals surface area (Å²) < 4.78 is 0. The number of carbonyl (C=O) groups is 1. The van der Waals surface area contributed by atoms with Gasteiger partial charge in [-0.2, -0.15) is 0 Å². The Balaban J connectivity index is 1.82. The van der Waals surface area contributed by atoms with E-state index in [1.807, 2.05) is 11.8 Å². The van der Waals surface area contributed by atoms with Crippen LogP contribution < -0.4 is 0 Å². The lowest BCUT2D eigenvalue weighted by Gasteiger charge is -2.19. The molecule has 0 spiro atoms. The molecule has 2 aromatic heterocycles. The first-order valence-corrected chi connectivity index (χ1v) is 8.51. The number of nitrogens with zero attached hydrogens (tertiary/aromatic N) is 4. The Morgan fingerprint density at radius 3 is 2.82 bits per heavy atom. The zero-order chi connectivity index (χ0) is 15.5. The van der Waals surface area contributed by atoms with Crippen LogP contribution in [0.3, 0.4) is 0 Å². The minimum Gasteiger partial charge on any atom is -0.338 e. The summed E-state index contributed by atoms with van der Waals surface area (Å²) in [5.74, 6) is 1.39. The van der Waals surface area contributed by atoms with E-state index in [-0.39, 0.29) is 5.91 Å². The van der Waals surface area contributed by atoms with Crippen LogP contribution in [0.2, 0.25) is 0 Å². The highest BCUT2D eigenvalue weighted by atomic mass is 32.1. The monoisotopic (exact) mass is 316 g/mol. The zero-order valence-electron chi connectivity index (χ0n) is 13.0. The van der Waals surface area contributed by atoms with Crippen LogP contribution in [0.25, 0.3) is 10.8 Å². The first-order chi connectivity index (χ1) is 10.6. The molecule has 0 aliphatic carbocycles. The highest BCUT2D eigenvalue weighted by molar-refractivity contribution is 7.17. The summed E-state index contributed by atoms with van der Waals surface area (Å²) in [6, 6.07) is 1.77. The maximum atomic E-state index is 12.8. The third-order valence-electron chi connectivity index (χ3n) is 4.05. The fourth-order valence-corrected chi connectivity index (χ4v) is 3.69. The van der Waals surface area contributed by atoms with Gasteiger partial charge in [0.05, 0.1) is 5.69 Å². The van der Waals surface area contributed by atoms with Gasteiger partial charge in [0.25, 0.3) is 5.91 Å². The van der Waals surface area contributed by atoms with Gasteiger partial charge in [-0.25, -0.2) is 15.0 Å². The van der Waals surface area contributed by atoms with Crippen molar-refractivity contribution >= 4 is 17.2 Å². The SMILES string of the molecule is Cc1nc(-c2ncccn2)sc1C(=O)N1CCCC(C)CC1. The van der Waals surface area contributed by atoms with Gasteiger partial charge in [0, 0.05) is 25.5 Å². The van der Waals surface area contributed by atoms with Crippen molar-refractivity contribution in [3.05, 3.63) is 29.0 Å². The van der Waals surface area contributed by atoms with Crippen LogP contribution in [0.15, 0.2) is 18.5 Å². The van der Waals surface area contributed by atoms with Crippen molar-refractivity contribution in [1.82, 2.24) is 19.9 Å². The van der Waals surface area contributed by atoms with Crippen LogP contribution in [0, 0.1) is 12.8 Å². The highest BCUT2D eigenvalue weighted by Crippen LogP contribution is 2.27. The second-order valence-electron chi connectivity index (χ2n) is 5.83. The number of aryl methyl sites for hydroxylation is 1. The Morgan fingerprint density at radius 1 is 1.27 bits per heavy atom. The molecule has 1 aliphatic heterocycles. The van der Waals surface area contributed by atoms with Gasteiger partial charge in [0.15, 0.2) is 10.8 Å². The molecule has 0 saturated carbocycles. The van der Waals surface area contributed by atoms with Crippen molar-refractivity contribution < 1.29 is 4.79 Å². The van der Waals surface area contributed by atoms with Gasteiger partial charge in [-0.3, -0.25) is 4.79 Å². The number of likely N-dealkylation sites (tertiary alicyclic amines) is 1. The van der Waals surface area contributed by atoms with Crippen LogP contribution in [0.1, 0.15) is 41.6 Å². The Kier molecular flexibility index (Phi) is 4.47. The van der Waals surface area contributed by atoms with Gasteiger partial charge in [-0.1, -0.05) is 6.92 Å². The second kappa shape index (κ2) is 6.52. The molecule has 1 saturated heterocycles. The van der Waals surface area contributed by atoms with E-state index < -0.39 is 0 Å². The van der Waals surface area contributed by atoms with Gasteiger partial charge in [0.2, 0.25) is 0 Å². The molecule has 5 nitrogen and oxygen atoms in total. The first-order valence-electron chi connectivity index (χ1n) is 7.69. The fraction of sp³-hybridized carbons (Fsp3) is 0.500. The second-order valence-corrected chi connectivity index (χ2v) is 6.83. The van der Waals surface area contributed by atoms with Crippen LogP contribution in [0.5, 0.6) is 0 Å². The largest absolute Gasteiger partial charge is 0.338 e. The van der Waals surface area contributed by atoms with Gasteiger partial charge in [0.1, 0.15) is 4.88 Å². The molecular formula is C16H20N4OS. The number of hydrogen-bond acceptors (Lipinski definition) is 5. The molecule has 1 unspecified atom stereocenters. The standard InChI is InChI=1S/C16H20N4OS/c1-11-5-3-9-20(10-6-11)16(21)13-12(2)19-15(22-13)14-17-7-4-8-18-14/h4,7-8,11H,3,5-6,9-10H2,1-2H3. The Bertz CT molecular complexity index is 655. The number of aromatic nitrogens is 3. The topological polar surface area (TPSA) is 59.0 Å². The summed E-state index contributed by atoms with van der Waals surface area (Å²) in [6.07, 6.45) is 6.75. The van der Waals surface area contributed by atoms with Crippen LogP contribution in [-0.2, 0) is 0 Å². The molecule has 22 heavy (non-hydrogen) atoms. The van der Waals surface area contributed by atoms with Crippen LogP contribution in [0.4, 0.5) is 0 Å². The van der Waals surface area contributed by atoms with Gasteiger partial charge in [-0.15, -0.1) is 11.3 Å². The molecule has 2 aromatic rings. The molecule has 1 amide bonds. The van der Waals surface area contributed by atoms with E-state index >= 15 is 0 Å². The fourth-order valence-electron chi connectivity index (χ4n) is 2.71. The smallest absolute Gasteiger partial charge is 0.265 e. The van der Waals surface area contributed by atoms with Crippen molar-refractivity contribution in [3.8, 4) is 10.8 Å². The Hall–Kier alpha value is -1.82. The lowest BCUT2D eigenvalue weighted by Crippen LogP contribution is -2.31. The summed E-state index contributed by atoms with van der Waals surface area (Å²) in [4.78, 5) is 28.4. The molecule has 1 aliphatic rings. The molecule has 116 valence electrons. The van der Waals surface area contributed by atoms with E-state index in [0.29, 0.717) is 16.7 Å². The van der Waals surface area contributed by atoms with E-state index in [2.05, 4.69) is 21.9 Å². The molecule has 0 bridgehead atoms. The Morgan fingerprint density at radius 2 is 2.05 bits per heavy atom. The number of hydrogen-bond donors (Lipinski definition) is 0. The predicted molar refractivity (Wildman–Crippen MR) is 86.8 cm³/mol. The third kappa shape index (κ3) is 3.16. The first kappa shape index (κ1) is 15.1. The molecule has 3 heterocycles. The van der Waals surface area contributed by atoms with Crippen LogP contribution in [-0.4, -0.2) is 38.8 Å². The molecular weight excluding hydrogens is 296 g/mol. The predicted octanol–water partition coefficient (Wildman–Crippen LogP) is 3.17. The molecule has 0 radical (unpaired) electrons. The summed E-state index contributed by atoms with van der Waals surface area (Å²) in [7, 11) is 0. The maximum Gasteiger partial charge on any atom is 0.265 e. The number of carbonyl (C=O) groups excluding carboxylic acids is 1. The van der Waals surface area contributed by atoms with Crippen LogP contribution >= 0.6 is 11.3 Å². The number of rotatable bonds is 2. The highest BCUT2D eigenvalue weighted by Gasteiger charge is 2.24.